The molecule has 1 aliphatic carbocycles. The van der Waals surface area contributed by atoms with Gasteiger partial charge in [0.05, 0.1) is 0 Å². The summed E-state index contributed by atoms with van der Waals surface area (Å²) in [6, 6.07) is 10.1. The minimum atomic E-state index is 0. The molecular weight excluding hydrogens is 730 g/mol. The molecule has 2 aromatic carbocycles. The zero-order chi connectivity index (χ0) is 39.0. The molecule has 0 aromatic heterocycles. The molecule has 1 aliphatic rings. The summed E-state index contributed by atoms with van der Waals surface area (Å²) in [5.74, 6) is 0. The van der Waals surface area contributed by atoms with Gasteiger partial charge in [0.15, 0.2) is 0 Å². The normalized spacial score (nSPS) is 14.4. The zero-order valence-corrected chi connectivity index (χ0v) is 38.8. The molecule has 0 aliphatic heterocycles. The Kier molecular flexibility index (Phi) is 20.6. The van der Waals surface area contributed by atoms with E-state index in [0.717, 1.165) is 0 Å². The van der Waals surface area contributed by atoms with Gasteiger partial charge in [0.1, 0.15) is 0 Å². The van der Waals surface area contributed by atoms with E-state index in [9.17, 15) is 0 Å². The van der Waals surface area contributed by atoms with Crippen LogP contribution in [0.15, 0.2) is 24.3 Å². The molecule has 2 aromatic rings. The van der Waals surface area contributed by atoms with E-state index in [4.69, 9.17) is 9.30 Å². The van der Waals surface area contributed by atoms with Gasteiger partial charge in [0.25, 0.3) is 0 Å². The first kappa shape index (κ1) is 51.3. The van der Waals surface area contributed by atoms with Crippen molar-refractivity contribution >= 4 is 32.4 Å². The number of hydrogen-bond donors (Lipinski definition) is 0. The van der Waals surface area contributed by atoms with Crippen LogP contribution in [-0.4, -0.2) is 5.03 Å². The molecule has 5 heteroatoms. The minimum absolute atomic E-state index is 0. The van der Waals surface area contributed by atoms with Crippen LogP contribution >= 0.6 is 16.8 Å². The van der Waals surface area contributed by atoms with Crippen molar-refractivity contribution in [2.45, 2.75) is 164 Å². The maximum absolute atomic E-state index is 7.50. The summed E-state index contributed by atoms with van der Waals surface area (Å²) in [5.41, 5.74) is 9.52. The van der Waals surface area contributed by atoms with E-state index in [0.29, 0.717) is 8.58 Å². The fourth-order valence-electron chi connectivity index (χ4n) is 5.42. The van der Waals surface area contributed by atoms with Crippen LogP contribution in [0.1, 0.15) is 165 Å². The van der Waals surface area contributed by atoms with Crippen molar-refractivity contribution in [3.63, 3.8) is 0 Å². The number of benzene rings is 2. The van der Waals surface area contributed by atoms with E-state index < -0.39 is 0 Å². The summed E-state index contributed by atoms with van der Waals surface area (Å²) in [5, 5.41) is 4.65. The zero-order valence-electron chi connectivity index (χ0n) is 34.9. The van der Waals surface area contributed by atoms with E-state index in [1.807, 2.05) is 32.1 Å². The Balaban J connectivity index is 0. The Hall–Kier alpha value is -0.792. The van der Waals surface area contributed by atoms with Gasteiger partial charge in [-0.25, -0.2) is 0 Å². The van der Waals surface area contributed by atoms with Gasteiger partial charge in [-0.2, -0.15) is 0 Å². The van der Waals surface area contributed by atoms with Gasteiger partial charge in [0, 0.05) is 26.4 Å². The predicted octanol–water partition coefficient (Wildman–Crippen LogP) is 12.1. The Labute approximate surface area is 328 Å². The Morgan fingerprint density at radius 1 is 0.460 bits per heavy atom. The molecule has 0 heterocycles. The van der Waals surface area contributed by atoms with Crippen LogP contribution in [0.4, 0.5) is 0 Å². The molecule has 3 rings (SSSR count). The Morgan fingerprint density at radius 2 is 0.700 bits per heavy atom. The molecule has 0 bridgehead atoms. The summed E-state index contributed by atoms with van der Waals surface area (Å²) in [6.45, 7) is 54.2. The van der Waals surface area contributed by atoms with Crippen molar-refractivity contribution in [3.8, 4) is 0 Å². The van der Waals surface area contributed by atoms with Crippen LogP contribution in [0.5, 0.6) is 0 Å². The monoisotopic (exact) mass is 799 g/mol. The average Bonchev–Trinajstić information content (AvgIpc) is 3.52. The van der Waals surface area contributed by atoms with Crippen LogP contribution in [0.25, 0.3) is 0 Å². The maximum atomic E-state index is 7.50. The third-order valence-corrected chi connectivity index (χ3v) is 11.2. The van der Waals surface area contributed by atoms with E-state index in [1.165, 1.54) is 46.9 Å². The van der Waals surface area contributed by atoms with E-state index in [2.05, 4.69) is 169 Å². The molecular formula is C45H67MoO2P2. The third kappa shape index (κ3) is 15.7. The molecule has 1 fully saturated rings. The van der Waals surface area contributed by atoms with Gasteiger partial charge >= 0.3 is 22.6 Å². The Morgan fingerprint density at radius 3 is 0.920 bits per heavy atom. The molecule has 0 N–H and O–H groups in total. The molecule has 0 amide bonds. The average molecular weight is 798 g/mol. The van der Waals surface area contributed by atoms with Crippen LogP contribution < -0.4 is 10.6 Å². The van der Waals surface area contributed by atoms with Crippen molar-refractivity contribution in [1.82, 2.24) is 0 Å². The SMILES string of the molecule is CC(=Pc1c(C(C)(C)C)cc(C(C)(C)C)cc1C(C)(C)C)Pc1c(C(C)(C)C)cc(C(C)(C)C)cc1C(C)(C)C.[C-]#[O+].[C-]#[O+].[CH]1[CH][CH][CH][CH]1.[Mo]. The van der Waals surface area contributed by atoms with Crippen molar-refractivity contribution in [2.24, 2.45) is 0 Å². The molecule has 0 spiro atoms. The maximum Gasteiger partial charge on any atom is 0 e. The summed E-state index contributed by atoms with van der Waals surface area (Å²) in [6.07, 6.45) is 10.0. The van der Waals surface area contributed by atoms with Gasteiger partial charge in [-0.3, -0.25) is 0 Å². The molecule has 5 radical (unpaired) electrons. The van der Waals surface area contributed by atoms with Crippen molar-refractivity contribution in [2.75, 3.05) is 0 Å². The van der Waals surface area contributed by atoms with Gasteiger partial charge in [-0.15, -0.1) is 0 Å². The summed E-state index contributed by atoms with van der Waals surface area (Å²) >= 11 is 0. The van der Waals surface area contributed by atoms with Gasteiger partial charge in [-0.1, -0.05) is 166 Å². The standard InChI is InChI=1S/C38H62P2.C5H5.2CO.Mo/c1-24(39-31-27(35(8,9)10)20-25(33(2,3)4)21-28(31)36(11,12)13)40-32-29(37(14,15)16)22-26(34(5,6)7)23-30(32)38(17,18)19;1-2-4-5-3-1;2*1-2;/h20-23,39H,1-19H3;1-5H;;;. The fourth-order valence-corrected chi connectivity index (χ4v) is 9.22. The quantitative estimate of drug-likeness (QED) is 0.128. The second kappa shape index (κ2) is 20.0. The number of rotatable bonds is 3. The van der Waals surface area contributed by atoms with Crippen LogP contribution in [-0.2, 0) is 62.9 Å². The van der Waals surface area contributed by atoms with Gasteiger partial charge in [0.2, 0.25) is 0 Å². The minimum Gasteiger partial charge on any atom is -0.0312 e. The molecule has 275 valence electrons. The second-order valence-corrected chi connectivity index (χ2v) is 22.4. The first-order chi connectivity index (χ1) is 22.0. The summed E-state index contributed by atoms with van der Waals surface area (Å²) < 4.78 is 15.0. The van der Waals surface area contributed by atoms with E-state index >= 15 is 0 Å². The topological polar surface area (TPSA) is 39.8 Å². The van der Waals surface area contributed by atoms with Gasteiger partial charge < -0.3 is 0 Å². The van der Waals surface area contributed by atoms with Gasteiger partial charge in [-0.05, 0) is 115 Å². The Bertz CT molecular complexity index is 1350. The fraction of sp³-hybridized carbons (Fsp3) is 0.556. The smallest absolute Gasteiger partial charge is 0 e. The summed E-state index contributed by atoms with van der Waals surface area (Å²) in [7, 11) is 2.05. The molecule has 1 saturated carbocycles. The van der Waals surface area contributed by atoms with Crippen molar-refractivity contribution in [3.05, 3.63) is 103 Å². The number of hydrogen-bond acceptors (Lipinski definition) is 0. The van der Waals surface area contributed by atoms with Crippen molar-refractivity contribution < 1.29 is 30.4 Å². The van der Waals surface area contributed by atoms with Crippen molar-refractivity contribution in [1.29, 1.82) is 0 Å². The molecule has 50 heavy (non-hydrogen) atoms. The third-order valence-electron chi connectivity index (χ3n) is 8.35. The molecule has 1 atom stereocenters. The second-order valence-electron chi connectivity index (χ2n) is 19.2. The predicted molar refractivity (Wildman–Crippen MR) is 220 cm³/mol. The van der Waals surface area contributed by atoms with Crippen LogP contribution in [0.3, 0.4) is 0 Å². The van der Waals surface area contributed by atoms with E-state index in [1.54, 1.807) is 10.3 Å². The molecule has 1 unspecified atom stereocenters. The van der Waals surface area contributed by atoms with Crippen LogP contribution in [0.2, 0.25) is 0 Å². The first-order valence-corrected chi connectivity index (χ1v) is 19.2. The van der Waals surface area contributed by atoms with E-state index in [-0.39, 0.29) is 53.6 Å². The molecule has 2 nitrogen and oxygen atoms in total. The van der Waals surface area contributed by atoms with Crippen LogP contribution in [0, 0.1) is 45.4 Å². The first-order valence-electron chi connectivity index (χ1n) is 17.3. The molecule has 0 saturated heterocycles. The summed E-state index contributed by atoms with van der Waals surface area (Å²) in [4.78, 5) is 0. The largest absolute Gasteiger partial charge is 0.0312 e.